The summed E-state index contributed by atoms with van der Waals surface area (Å²) >= 11 is 0. The summed E-state index contributed by atoms with van der Waals surface area (Å²) in [6.07, 6.45) is 0.348. The number of hydrogen-bond acceptors (Lipinski definition) is 4. The second-order valence-electron chi connectivity index (χ2n) is 5.46. The second-order valence-corrected chi connectivity index (χ2v) is 5.46. The summed E-state index contributed by atoms with van der Waals surface area (Å²) in [6.45, 7) is 2.53. The van der Waals surface area contributed by atoms with Crippen molar-refractivity contribution in [2.24, 2.45) is 5.92 Å². The molecule has 0 bridgehead atoms. The van der Waals surface area contributed by atoms with E-state index in [0.717, 1.165) is 12.1 Å². The van der Waals surface area contributed by atoms with Crippen molar-refractivity contribution < 1.29 is 23.1 Å². The quantitative estimate of drug-likeness (QED) is 0.525. The Hall–Kier alpha value is -1.77. The number of carbonyl (C=O) groups excluding carboxylic acids is 2. The maximum Gasteiger partial charge on any atom is 0.239 e. The van der Waals surface area contributed by atoms with Gasteiger partial charge in [-0.2, -0.15) is 0 Å². The van der Waals surface area contributed by atoms with E-state index in [1.807, 2.05) is 0 Å². The predicted octanol–water partition coefficient (Wildman–Crippen LogP) is 1.09. The molecule has 1 heterocycles. The lowest BCUT2D eigenvalue weighted by Gasteiger charge is -2.17. The van der Waals surface area contributed by atoms with Crippen molar-refractivity contribution in [3.8, 4) is 0 Å². The maximum atomic E-state index is 13.3. The third-order valence-corrected chi connectivity index (χ3v) is 3.82. The first-order valence-corrected chi connectivity index (χ1v) is 7.78. The fourth-order valence-electron chi connectivity index (χ4n) is 2.53. The van der Waals surface area contributed by atoms with Crippen LogP contribution in [0.2, 0.25) is 0 Å². The average Bonchev–Trinajstić information content (AvgIpc) is 2.95. The van der Waals surface area contributed by atoms with Gasteiger partial charge in [0.25, 0.3) is 0 Å². The van der Waals surface area contributed by atoms with Crippen molar-refractivity contribution in [1.29, 1.82) is 0 Å². The number of ether oxygens (including phenoxy) is 1. The second kappa shape index (κ2) is 10.3. The highest BCUT2D eigenvalue weighted by Gasteiger charge is 2.37. The summed E-state index contributed by atoms with van der Waals surface area (Å²) < 4.78 is 31.2. The third kappa shape index (κ3) is 5.62. The number of methoxy groups -OCH3 is 1. The van der Waals surface area contributed by atoms with Gasteiger partial charge in [-0.25, -0.2) is 8.78 Å². The molecule has 1 aliphatic rings. The smallest absolute Gasteiger partial charge is 0.239 e. The number of hydrogen-bond donors (Lipinski definition) is 2. The van der Waals surface area contributed by atoms with Gasteiger partial charge in [0.2, 0.25) is 11.8 Å². The molecule has 0 aromatic heterocycles. The number of nitrogens with one attached hydrogen (secondary N) is 2. The van der Waals surface area contributed by atoms with Crippen molar-refractivity contribution in [3.05, 3.63) is 29.8 Å². The van der Waals surface area contributed by atoms with Gasteiger partial charge >= 0.3 is 0 Å². The molecule has 1 saturated heterocycles. The molecule has 1 aliphatic heterocycles. The molecular formula is C16H22ClF2N3O3. The first kappa shape index (κ1) is 21.3. The van der Waals surface area contributed by atoms with Gasteiger partial charge in [0.1, 0.15) is 5.92 Å². The van der Waals surface area contributed by atoms with Crippen LogP contribution in [-0.4, -0.2) is 51.7 Å². The van der Waals surface area contributed by atoms with Crippen molar-refractivity contribution in [2.75, 3.05) is 44.8 Å². The number of rotatable bonds is 8. The molecule has 2 amide bonds. The molecule has 1 fully saturated rings. The number of anilines is 1. The summed E-state index contributed by atoms with van der Waals surface area (Å²) in [6, 6.07) is 3.26. The van der Waals surface area contributed by atoms with Crippen LogP contribution < -0.4 is 15.5 Å². The predicted molar refractivity (Wildman–Crippen MR) is 91.8 cm³/mol. The lowest BCUT2D eigenvalue weighted by molar-refractivity contribution is -0.132. The van der Waals surface area contributed by atoms with Crippen LogP contribution in [0.25, 0.3) is 0 Å². The Bertz CT molecular complexity index is 604. The molecule has 1 aromatic carbocycles. The van der Waals surface area contributed by atoms with Gasteiger partial charge in [0, 0.05) is 45.0 Å². The van der Waals surface area contributed by atoms with Gasteiger partial charge in [-0.05, 0) is 18.6 Å². The molecule has 0 radical (unpaired) electrons. The van der Waals surface area contributed by atoms with E-state index < -0.39 is 23.5 Å². The number of amides is 2. The molecule has 1 unspecified atom stereocenters. The summed E-state index contributed by atoms with van der Waals surface area (Å²) in [5.74, 6) is -3.53. The minimum Gasteiger partial charge on any atom is -0.383 e. The first-order valence-electron chi connectivity index (χ1n) is 7.78. The highest BCUT2D eigenvalue weighted by Crippen LogP contribution is 2.26. The number of carbonyl (C=O) groups is 2. The van der Waals surface area contributed by atoms with E-state index in [1.165, 1.54) is 11.0 Å². The van der Waals surface area contributed by atoms with Crippen LogP contribution in [0.1, 0.15) is 6.42 Å². The third-order valence-electron chi connectivity index (χ3n) is 3.82. The molecule has 9 heteroatoms. The van der Waals surface area contributed by atoms with Crippen molar-refractivity contribution in [3.63, 3.8) is 0 Å². The zero-order chi connectivity index (χ0) is 17.5. The molecule has 140 valence electrons. The SMILES string of the molecule is COCCNCCNC(=O)C1CCN(c2ccc(F)c(F)c2)C1=O.Cl. The molecule has 0 aliphatic carbocycles. The monoisotopic (exact) mass is 377 g/mol. The number of benzene rings is 1. The first-order chi connectivity index (χ1) is 11.5. The van der Waals surface area contributed by atoms with Crippen LogP contribution in [0.15, 0.2) is 18.2 Å². The van der Waals surface area contributed by atoms with E-state index in [9.17, 15) is 18.4 Å². The van der Waals surface area contributed by atoms with Gasteiger partial charge in [-0.15, -0.1) is 12.4 Å². The standard InChI is InChI=1S/C16H21F2N3O3.ClH/c1-24-9-7-19-5-6-20-15(22)12-4-8-21(16(12)23)11-2-3-13(17)14(18)10-11;/h2-3,10,12,19H,4-9H2,1H3,(H,20,22);1H. The Morgan fingerprint density at radius 1 is 1.28 bits per heavy atom. The van der Waals surface area contributed by atoms with E-state index >= 15 is 0 Å². The Morgan fingerprint density at radius 3 is 2.72 bits per heavy atom. The minimum atomic E-state index is -1.02. The summed E-state index contributed by atoms with van der Waals surface area (Å²) in [7, 11) is 1.61. The zero-order valence-electron chi connectivity index (χ0n) is 13.9. The lowest BCUT2D eigenvalue weighted by Crippen LogP contribution is -2.39. The van der Waals surface area contributed by atoms with Crippen molar-refractivity contribution in [2.45, 2.75) is 6.42 Å². The zero-order valence-corrected chi connectivity index (χ0v) is 14.7. The van der Waals surface area contributed by atoms with Crippen LogP contribution >= 0.6 is 12.4 Å². The van der Waals surface area contributed by atoms with E-state index in [4.69, 9.17) is 4.74 Å². The fourth-order valence-corrected chi connectivity index (χ4v) is 2.53. The Balaban J connectivity index is 0.00000312. The van der Waals surface area contributed by atoms with Crippen LogP contribution in [0, 0.1) is 17.6 Å². The Labute approximate surface area is 151 Å². The number of nitrogens with zero attached hydrogens (tertiary/aromatic N) is 1. The van der Waals surface area contributed by atoms with Crippen LogP contribution in [-0.2, 0) is 14.3 Å². The van der Waals surface area contributed by atoms with Crippen molar-refractivity contribution >= 4 is 29.9 Å². The normalized spacial score (nSPS) is 16.7. The number of halogens is 3. The Kier molecular flexibility index (Phi) is 8.74. The molecule has 6 nitrogen and oxygen atoms in total. The lowest BCUT2D eigenvalue weighted by atomic mass is 10.1. The molecule has 2 N–H and O–H groups in total. The van der Waals surface area contributed by atoms with E-state index in [0.29, 0.717) is 39.2 Å². The molecule has 25 heavy (non-hydrogen) atoms. The van der Waals surface area contributed by atoms with Crippen LogP contribution in [0.5, 0.6) is 0 Å². The topological polar surface area (TPSA) is 70.7 Å². The minimum absolute atomic E-state index is 0. The van der Waals surface area contributed by atoms with E-state index in [1.54, 1.807) is 7.11 Å². The molecule has 1 atom stereocenters. The molecular weight excluding hydrogens is 356 g/mol. The molecule has 0 saturated carbocycles. The van der Waals surface area contributed by atoms with Gasteiger partial charge in [-0.3, -0.25) is 9.59 Å². The maximum absolute atomic E-state index is 13.3. The summed E-state index contributed by atoms with van der Waals surface area (Å²) in [5, 5.41) is 5.78. The molecule has 1 aromatic rings. The van der Waals surface area contributed by atoms with Gasteiger partial charge in [0.15, 0.2) is 11.6 Å². The largest absolute Gasteiger partial charge is 0.383 e. The van der Waals surface area contributed by atoms with Crippen LogP contribution in [0.3, 0.4) is 0 Å². The summed E-state index contributed by atoms with van der Waals surface area (Å²) in [5.41, 5.74) is 0.260. The Morgan fingerprint density at radius 2 is 2.04 bits per heavy atom. The highest BCUT2D eigenvalue weighted by atomic mass is 35.5. The van der Waals surface area contributed by atoms with Crippen LogP contribution in [0.4, 0.5) is 14.5 Å². The highest BCUT2D eigenvalue weighted by molar-refractivity contribution is 6.09. The fraction of sp³-hybridized carbons (Fsp3) is 0.500. The van der Waals surface area contributed by atoms with Crippen molar-refractivity contribution in [1.82, 2.24) is 10.6 Å². The average molecular weight is 378 g/mol. The van der Waals surface area contributed by atoms with Gasteiger partial charge < -0.3 is 20.3 Å². The van der Waals surface area contributed by atoms with Gasteiger partial charge in [0.05, 0.1) is 6.61 Å². The molecule has 2 rings (SSSR count). The van der Waals surface area contributed by atoms with E-state index in [-0.39, 0.29) is 24.0 Å². The van der Waals surface area contributed by atoms with Gasteiger partial charge in [-0.1, -0.05) is 0 Å². The summed E-state index contributed by atoms with van der Waals surface area (Å²) in [4.78, 5) is 25.7. The molecule has 0 spiro atoms. The van der Waals surface area contributed by atoms with E-state index in [2.05, 4.69) is 10.6 Å².